The van der Waals surface area contributed by atoms with Crippen molar-refractivity contribution in [3.05, 3.63) is 0 Å². The first kappa shape index (κ1) is 10.4. The van der Waals surface area contributed by atoms with Crippen LogP contribution in [0.4, 0.5) is 0 Å². The third-order valence-corrected chi connectivity index (χ3v) is 3.32. The minimum Gasteiger partial charge on any atom is -0.481 e. The third kappa shape index (κ3) is 2.12. The van der Waals surface area contributed by atoms with Crippen molar-refractivity contribution in [2.75, 3.05) is 6.54 Å². The Balaban J connectivity index is 1.72. The average molecular weight is 213 g/mol. The smallest absolute Gasteiger partial charge is 0.307 e. The molecule has 1 amide bonds. The number of carboxylic acids is 1. The van der Waals surface area contributed by atoms with Crippen LogP contribution in [0.15, 0.2) is 0 Å². The molecule has 2 rings (SSSR count). The summed E-state index contributed by atoms with van der Waals surface area (Å²) in [6.07, 6.45) is 2.87. The van der Waals surface area contributed by atoms with Crippen molar-refractivity contribution in [3.63, 3.8) is 0 Å². The largest absolute Gasteiger partial charge is 0.481 e. The van der Waals surface area contributed by atoms with Crippen molar-refractivity contribution < 1.29 is 19.8 Å². The quantitative estimate of drug-likeness (QED) is 0.600. The van der Waals surface area contributed by atoms with Crippen molar-refractivity contribution in [2.45, 2.75) is 31.3 Å². The first-order chi connectivity index (χ1) is 7.02. The number of hydrogen-bond acceptors (Lipinski definition) is 3. The molecule has 0 aromatic heterocycles. The summed E-state index contributed by atoms with van der Waals surface area (Å²) in [5.74, 6) is -2.03. The Morgan fingerprint density at radius 3 is 2.40 bits per heavy atom. The zero-order valence-electron chi connectivity index (χ0n) is 8.40. The normalized spacial score (nSPS) is 31.5. The number of carbonyl (C=O) groups excluding carboxylic acids is 1. The fourth-order valence-corrected chi connectivity index (χ4v) is 1.90. The first-order valence-electron chi connectivity index (χ1n) is 5.25. The Hall–Kier alpha value is -1.10. The number of hydrogen-bond donors (Lipinski definition) is 3. The molecular weight excluding hydrogens is 198 g/mol. The van der Waals surface area contributed by atoms with Gasteiger partial charge in [0, 0.05) is 6.54 Å². The van der Waals surface area contributed by atoms with Crippen LogP contribution < -0.4 is 5.32 Å². The van der Waals surface area contributed by atoms with Crippen LogP contribution in [-0.2, 0) is 9.59 Å². The van der Waals surface area contributed by atoms with Crippen molar-refractivity contribution >= 4 is 11.9 Å². The van der Waals surface area contributed by atoms with Gasteiger partial charge in [0.25, 0.3) is 0 Å². The second-order valence-electron chi connectivity index (χ2n) is 4.58. The summed E-state index contributed by atoms with van der Waals surface area (Å²) < 4.78 is 0. The molecular formula is C10H15NO4. The Morgan fingerprint density at radius 2 is 2.00 bits per heavy atom. The lowest BCUT2D eigenvalue weighted by Crippen LogP contribution is -2.48. The summed E-state index contributed by atoms with van der Waals surface area (Å²) in [6, 6.07) is 0. The Bertz CT molecular complexity index is 298. The molecule has 3 N–H and O–H groups in total. The van der Waals surface area contributed by atoms with E-state index in [0.29, 0.717) is 6.42 Å². The van der Waals surface area contributed by atoms with Crippen LogP contribution in [0, 0.1) is 11.8 Å². The maximum atomic E-state index is 11.4. The molecule has 0 spiro atoms. The monoisotopic (exact) mass is 213 g/mol. The zero-order valence-corrected chi connectivity index (χ0v) is 8.40. The van der Waals surface area contributed by atoms with Crippen LogP contribution in [0.3, 0.4) is 0 Å². The summed E-state index contributed by atoms with van der Waals surface area (Å²) in [5.41, 5.74) is -0.733. The molecule has 15 heavy (non-hydrogen) atoms. The minimum absolute atomic E-state index is 0.234. The maximum Gasteiger partial charge on any atom is 0.307 e. The standard InChI is InChI=1S/C10H15NO4/c12-8(6-4-7(6)9(13)14)11-5-10(15)2-1-3-10/h6-7,15H,1-5H2,(H,11,12)(H,13,14)/t6-,7+/m1/s1. The van der Waals surface area contributed by atoms with Gasteiger partial charge < -0.3 is 15.5 Å². The van der Waals surface area contributed by atoms with Gasteiger partial charge in [0.05, 0.1) is 17.4 Å². The Labute approximate surface area is 87.5 Å². The molecule has 0 aromatic rings. The van der Waals surface area contributed by atoms with Crippen LogP contribution in [0.2, 0.25) is 0 Å². The lowest BCUT2D eigenvalue weighted by molar-refractivity contribution is -0.140. The number of amides is 1. The molecule has 2 aliphatic rings. The fraction of sp³-hybridized carbons (Fsp3) is 0.800. The molecule has 0 aliphatic heterocycles. The molecule has 2 fully saturated rings. The second-order valence-corrected chi connectivity index (χ2v) is 4.58. The van der Waals surface area contributed by atoms with Gasteiger partial charge in [-0.3, -0.25) is 9.59 Å². The second kappa shape index (κ2) is 3.48. The van der Waals surface area contributed by atoms with Gasteiger partial charge in [-0.15, -0.1) is 0 Å². The molecule has 0 heterocycles. The van der Waals surface area contributed by atoms with Crippen molar-refractivity contribution in [1.82, 2.24) is 5.32 Å². The SMILES string of the molecule is O=C(O)[C@H]1C[C@H]1C(=O)NCC1(O)CCC1. The van der Waals surface area contributed by atoms with E-state index >= 15 is 0 Å². The third-order valence-electron chi connectivity index (χ3n) is 3.32. The fourth-order valence-electron chi connectivity index (χ4n) is 1.90. The zero-order chi connectivity index (χ0) is 11.1. The molecule has 5 nitrogen and oxygen atoms in total. The van der Waals surface area contributed by atoms with Gasteiger partial charge in [0.15, 0.2) is 0 Å². The average Bonchev–Trinajstić information content (AvgIpc) is 2.90. The van der Waals surface area contributed by atoms with Gasteiger partial charge in [0.2, 0.25) is 5.91 Å². The Kier molecular flexibility index (Phi) is 2.42. The number of rotatable bonds is 4. The van der Waals surface area contributed by atoms with Gasteiger partial charge in [-0.1, -0.05) is 0 Å². The highest BCUT2D eigenvalue weighted by Gasteiger charge is 2.48. The van der Waals surface area contributed by atoms with Crippen LogP contribution in [0.1, 0.15) is 25.7 Å². The molecule has 0 unspecified atom stereocenters. The van der Waals surface area contributed by atoms with E-state index in [1.807, 2.05) is 0 Å². The maximum absolute atomic E-state index is 11.4. The van der Waals surface area contributed by atoms with Gasteiger partial charge in [0.1, 0.15) is 0 Å². The van der Waals surface area contributed by atoms with Gasteiger partial charge in [-0.25, -0.2) is 0 Å². The van der Waals surface area contributed by atoms with E-state index in [9.17, 15) is 14.7 Å². The van der Waals surface area contributed by atoms with Crippen molar-refractivity contribution in [3.8, 4) is 0 Å². The van der Waals surface area contributed by atoms with Crippen LogP contribution in [0.25, 0.3) is 0 Å². The van der Waals surface area contributed by atoms with Gasteiger partial charge in [-0.05, 0) is 25.7 Å². The molecule has 84 valence electrons. The molecule has 0 saturated heterocycles. The van der Waals surface area contributed by atoms with E-state index in [-0.39, 0.29) is 18.4 Å². The summed E-state index contributed by atoms with van der Waals surface area (Å²) in [5, 5.41) is 21.0. The summed E-state index contributed by atoms with van der Waals surface area (Å²) >= 11 is 0. The number of carbonyl (C=O) groups is 2. The van der Waals surface area contributed by atoms with E-state index < -0.39 is 17.5 Å². The first-order valence-corrected chi connectivity index (χ1v) is 5.25. The number of carboxylic acid groups (broad SMARTS) is 1. The lowest BCUT2D eigenvalue weighted by Gasteiger charge is -2.36. The van der Waals surface area contributed by atoms with E-state index in [4.69, 9.17) is 5.11 Å². The van der Waals surface area contributed by atoms with Crippen LogP contribution in [-0.4, -0.2) is 34.2 Å². The van der Waals surface area contributed by atoms with Crippen LogP contribution >= 0.6 is 0 Å². The molecule has 0 bridgehead atoms. The summed E-state index contributed by atoms with van der Waals surface area (Å²) in [7, 11) is 0. The summed E-state index contributed by atoms with van der Waals surface area (Å²) in [4.78, 5) is 21.9. The number of aliphatic carboxylic acids is 1. The van der Waals surface area contributed by atoms with Crippen molar-refractivity contribution in [1.29, 1.82) is 0 Å². The number of nitrogens with one attached hydrogen (secondary N) is 1. The van der Waals surface area contributed by atoms with E-state index in [1.54, 1.807) is 0 Å². The molecule has 2 atom stereocenters. The van der Waals surface area contributed by atoms with Crippen molar-refractivity contribution in [2.24, 2.45) is 11.8 Å². The van der Waals surface area contributed by atoms with E-state index in [2.05, 4.69) is 5.32 Å². The van der Waals surface area contributed by atoms with Crippen LogP contribution in [0.5, 0.6) is 0 Å². The molecule has 0 aromatic carbocycles. The predicted molar refractivity (Wildman–Crippen MR) is 51.0 cm³/mol. The van der Waals surface area contributed by atoms with Gasteiger partial charge in [-0.2, -0.15) is 0 Å². The molecule has 2 aliphatic carbocycles. The Morgan fingerprint density at radius 1 is 1.33 bits per heavy atom. The minimum atomic E-state index is -0.905. The summed E-state index contributed by atoms with van der Waals surface area (Å²) in [6.45, 7) is 0.259. The molecule has 5 heteroatoms. The number of aliphatic hydroxyl groups is 1. The highest BCUT2D eigenvalue weighted by Crippen LogP contribution is 2.39. The van der Waals surface area contributed by atoms with Gasteiger partial charge >= 0.3 is 5.97 Å². The predicted octanol–water partition coefficient (Wildman–Crippen LogP) is -0.262. The van der Waals surface area contributed by atoms with E-state index in [0.717, 1.165) is 19.3 Å². The highest BCUT2D eigenvalue weighted by atomic mass is 16.4. The highest BCUT2D eigenvalue weighted by molar-refractivity contribution is 5.89. The molecule has 0 radical (unpaired) electrons. The lowest BCUT2D eigenvalue weighted by atomic mass is 9.80. The topological polar surface area (TPSA) is 86.6 Å². The van der Waals surface area contributed by atoms with E-state index in [1.165, 1.54) is 0 Å². The molecule has 2 saturated carbocycles.